The van der Waals surface area contributed by atoms with Crippen molar-refractivity contribution in [3.05, 3.63) is 115 Å². The number of aryl methyl sites for hydroxylation is 1. The summed E-state index contributed by atoms with van der Waals surface area (Å²) >= 11 is 0. The Morgan fingerprint density at radius 3 is 1.77 bits per heavy atom. The summed E-state index contributed by atoms with van der Waals surface area (Å²) in [6.45, 7) is 0. The Hall–Kier alpha value is -4.56. The van der Waals surface area contributed by atoms with Gasteiger partial charge in [0.05, 0.1) is 16.6 Å². The second-order valence-corrected chi connectivity index (χ2v) is 9.52. The standard InChI is InChI=1S/C33H22N2/c1-34-30-12-6-4-10-26(30)28-16-17-29-27-11-5-7-13-31(27)35(33(29)32(28)34)25-15-14-23-18-21-8-2-3-9-22(21)19-24(23)20-25/h2-20H,1H3. The fraction of sp³-hybridized carbons (Fsp3) is 0.0303. The van der Waals surface area contributed by atoms with E-state index in [-0.39, 0.29) is 0 Å². The molecule has 2 heteroatoms. The number of hydrogen-bond donors (Lipinski definition) is 0. The topological polar surface area (TPSA) is 9.86 Å². The van der Waals surface area contributed by atoms with E-state index in [1.807, 2.05) is 0 Å². The minimum atomic E-state index is 1.19. The van der Waals surface area contributed by atoms with Crippen LogP contribution in [0.1, 0.15) is 0 Å². The summed E-state index contributed by atoms with van der Waals surface area (Å²) in [5.41, 5.74) is 6.23. The first kappa shape index (κ1) is 18.8. The van der Waals surface area contributed by atoms with Crippen LogP contribution in [0.3, 0.4) is 0 Å². The zero-order valence-electron chi connectivity index (χ0n) is 19.4. The highest BCUT2D eigenvalue weighted by atomic mass is 15.0. The number of nitrogens with zero attached hydrogens (tertiary/aromatic N) is 2. The first-order valence-electron chi connectivity index (χ1n) is 12.1. The zero-order valence-corrected chi connectivity index (χ0v) is 19.4. The van der Waals surface area contributed by atoms with Crippen LogP contribution in [0.2, 0.25) is 0 Å². The molecule has 0 aliphatic rings. The molecule has 0 bridgehead atoms. The van der Waals surface area contributed by atoms with Crippen molar-refractivity contribution in [2.24, 2.45) is 7.05 Å². The first-order chi connectivity index (χ1) is 17.3. The van der Waals surface area contributed by atoms with Crippen molar-refractivity contribution in [2.75, 3.05) is 0 Å². The van der Waals surface area contributed by atoms with Gasteiger partial charge in [-0.2, -0.15) is 0 Å². The smallest absolute Gasteiger partial charge is 0.0785 e. The van der Waals surface area contributed by atoms with Crippen molar-refractivity contribution < 1.29 is 0 Å². The van der Waals surface area contributed by atoms with Gasteiger partial charge in [0.25, 0.3) is 0 Å². The Balaban J connectivity index is 1.55. The Kier molecular flexibility index (Phi) is 3.62. The van der Waals surface area contributed by atoms with E-state index < -0.39 is 0 Å². The molecule has 0 amide bonds. The molecular formula is C33H22N2. The van der Waals surface area contributed by atoms with Gasteiger partial charge < -0.3 is 9.13 Å². The minimum absolute atomic E-state index is 1.19. The van der Waals surface area contributed by atoms with E-state index >= 15 is 0 Å². The van der Waals surface area contributed by atoms with Gasteiger partial charge in [0.2, 0.25) is 0 Å². The molecule has 8 rings (SSSR count). The third-order valence-electron chi connectivity index (χ3n) is 7.65. The number of rotatable bonds is 1. The summed E-state index contributed by atoms with van der Waals surface area (Å²) in [7, 11) is 2.19. The van der Waals surface area contributed by atoms with E-state index in [2.05, 4.69) is 131 Å². The molecule has 8 aromatic rings. The predicted octanol–water partition coefficient (Wildman–Crippen LogP) is 8.73. The highest BCUT2D eigenvalue weighted by Crippen LogP contribution is 2.40. The highest BCUT2D eigenvalue weighted by molar-refractivity contribution is 6.23. The number of benzene rings is 6. The molecule has 0 N–H and O–H groups in total. The van der Waals surface area contributed by atoms with Crippen molar-refractivity contribution in [3.63, 3.8) is 0 Å². The van der Waals surface area contributed by atoms with Crippen LogP contribution in [0, 0.1) is 0 Å². The largest absolute Gasteiger partial charge is 0.342 e. The summed E-state index contributed by atoms with van der Waals surface area (Å²) in [5.74, 6) is 0. The van der Waals surface area contributed by atoms with Crippen LogP contribution in [-0.2, 0) is 7.05 Å². The zero-order chi connectivity index (χ0) is 23.1. The van der Waals surface area contributed by atoms with Gasteiger partial charge in [0, 0.05) is 39.8 Å². The average Bonchev–Trinajstić information content (AvgIpc) is 3.40. The number of hydrogen-bond acceptors (Lipinski definition) is 0. The third kappa shape index (κ3) is 2.49. The van der Waals surface area contributed by atoms with Crippen molar-refractivity contribution in [2.45, 2.75) is 0 Å². The molecule has 164 valence electrons. The van der Waals surface area contributed by atoms with Crippen molar-refractivity contribution >= 4 is 65.2 Å². The van der Waals surface area contributed by atoms with Crippen LogP contribution in [0.4, 0.5) is 0 Å². The second-order valence-electron chi connectivity index (χ2n) is 9.52. The summed E-state index contributed by atoms with van der Waals surface area (Å²) in [5, 5.41) is 10.3. The SMILES string of the molecule is Cn1c2ccccc2c2ccc3c4ccccc4n(-c4ccc5cc6ccccc6cc5c4)c3c21. The van der Waals surface area contributed by atoms with Gasteiger partial charge >= 0.3 is 0 Å². The van der Waals surface area contributed by atoms with Gasteiger partial charge in [-0.15, -0.1) is 0 Å². The molecule has 0 radical (unpaired) electrons. The summed E-state index contributed by atoms with van der Waals surface area (Å²) in [4.78, 5) is 0. The maximum absolute atomic E-state index is 2.46. The van der Waals surface area contributed by atoms with Gasteiger partial charge in [-0.1, -0.05) is 78.9 Å². The monoisotopic (exact) mass is 446 g/mol. The number of aromatic nitrogens is 2. The summed E-state index contributed by atoms with van der Waals surface area (Å²) < 4.78 is 4.82. The molecule has 2 heterocycles. The van der Waals surface area contributed by atoms with E-state index in [1.54, 1.807) is 0 Å². The molecule has 0 aliphatic heterocycles. The molecule has 35 heavy (non-hydrogen) atoms. The fourth-order valence-electron chi connectivity index (χ4n) is 6.05. The molecule has 0 saturated heterocycles. The van der Waals surface area contributed by atoms with E-state index in [0.717, 1.165) is 0 Å². The molecule has 0 fully saturated rings. The van der Waals surface area contributed by atoms with Crippen LogP contribution in [0.5, 0.6) is 0 Å². The maximum Gasteiger partial charge on any atom is 0.0785 e. The fourth-order valence-corrected chi connectivity index (χ4v) is 6.05. The lowest BCUT2D eigenvalue weighted by Crippen LogP contribution is -1.96. The van der Waals surface area contributed by atoms with Gasteiger partial charge in [0.15, 0.2) is 0 Å². The van der Waals surface area contributed by atoms with E-state index in [0.29, 0.717) is 0 Å². The highest BCUT2D eigenvalue weighted by Gasteiger charge is 2.19. The number of fused-ring (bicyclic) bond motifs is 9. The maximum atomic E-state index is 2.46. The normalized spacial score (nSPS) is 12.1. The Morgan fingerprint density at radius 2 is 1.00 bits per heavy atom. The van der Waals surface area contributed by atoms with Crippen LogP contribution in [-0.4, -0.2) is 9.13 Å². The van der Waals surface area contributed by atoms with Gasteiger partial charge in [-0.3, -0.25) is 0 Å². The molecule has 2 aromatic heterocycles. The van der Waals surface area contributed by atoms with E-state index in [4.69, 9.17) is 0 Å². The Labute approximate surface area is 202 Å². The summed E-state index contributed by atoms with van der Waals surface area (Å²) in [6.07, 6.45) is 0. The van der Waals surface area contributed by atoms with Gasteiger partial charge in [-0.05, 0) is 57.9 Å². The minimum Gasteiger partial charge on any atom is -0.342 e. The lowest BCUT2D eigenvalue weighted by Gasteiger charge is -2.12. The van der Waals surface area contributed by atoms with Crippen molar-refractivity contribution in [1.82, 2.24) is 9.13 Å². The quantitative estimate of drug-likeness (QED) is 0.223. The van der Waals surface area contributed by atoms with Crippen LogP contribution in [0.25, 0.3) is 70.8 Å². The Bertz CT molecular complexity index is 2120. The second kappa shape index (κ2) is 6.74. The van der Waals surface area contributed by atoms with Crippen LogP contribution < -0.4 is 0 Å². The van der Waals surface area contributed by atoms with Crippen molar-refractivity contribution in [1.29, 1.82) is 0 Å². The molecule has 0 saturated carbocycles. The molecule has 0 atom stereocenters. The van der Waals surface area contributed by atoms with E-state index in [1.165, 1.54) is 70.8 Å². The Morgan fingerprint density at radius 1 is 0.429 bits per heavy atom. The average molecular weight is 447 g/mol. The molecular weight excluding hydrogens is 424 g/mol. The van der Waals surface area contributed by atoms with E-state index in [9.17, 15) is 0 Å². The molecule has 2 nitrogen and oxygen atoms in total. The van der Waals surface area contributed by atoms with Crippen LogP contribution in [0.15, 0.2) is 115 Å². The van der Waals surface area contributed by atoms with Crippen LogP contribution >= 0.6 is 0 Å². The molecule has 0 aliphatic carbocycles. The van der Waals surface area contributed by atoms with Gasteiger partial charge in [0.1, 0.15) is 0 Å². The molecule has 0 unspecified atom stereocenters. The summed E-state index contributed by atoms with van der Waals surface area (Å²) in [6, 6.07) is 42.2. The number of para-hydroxylation sites is 2. The lowest BCUT2D eigenvalue weighted by atomic mass is 10.0. The predicted molar refractivity (Wildman–Crippen MR) is 150 cm³/mol. The first-order valence-corrected chi connectivity index (χ1v) is 12.1. The molecule has 0 spiro atoms. The van der Waals surface area contributed by atoms with Crippen molar-refractivity contribution in [3.8, 4) is 5.69 Å². The molecule has 6 aromatic carbocycles. The lowest BCUT2D eigenvalue weighted by molar-refractivity contribution is 1.01. The van der Waals surface area contributed by atoms with Gasteiger partial charge in [-0.25, -0.2) is 0 Å². The third-order valence-corrected chi connectivity index (χ3v) is 7.65.